The van der Waals surface area contributed by atoms with Crippen molar-refractivity contribution in [3.8, 4) is 11.3 Å². The maximum Gasteiger partial charge on any atom is 0.224 e. The van der Waals surface area contributed by atoms with Gasteiger partial charge in [-0.25, -0.2) is 0 Å². The van der Waals surface area contributed by atoms with Crippen molar-refractivity contribution in [2.75, 3.05) is 0 Å². The first-order valence-corrected chi connectivity index (χ1v) is 7.94. The first kappa shape index (κ1) is 16.2. The lowest BCUT2D eigenvalue weighted by Gasteiger charge is -2.06. The molecule has 0 fully saturated rings. The standard InChI is InChI=1S/C18H17ClN4O/c1-23-15(11-17(22-23)13-6-8-20-9-7-13)12-21-18(24)10-14-4-2-3-5-16(14)19/h2-9,11H,10,12H2,1H3,(H,21,24). The first-order valence-electron chi connectivity index (χ1n) is 7.57. The largest absolute Gasteiger partial charge is 0.350 e. The fourth-order valence-corrected chi connectivity index (χ4v) is 2.60. The van der Waals surface area contributed by atoms with Crippen LogP contribution < -0.4 is 5.32 Å². The molecule has 0 aliphatic heterocycles. The molecule has 0 saturated heterocycles. The molecule has 2 heterocycles. The number of aromatic nitrogens is 3. The van der Waals surface area contributed by atoms with Crippen LogP contribution in [0, 0.1) is 0 Å². The van der Waals surface area contributed by atoms with E-state index in [1.165, 1.54) is 0 Å². The fraction of sp³-hybridized carbons (Fsp3) is 0.167. The number of aryl methyl sites for hydroxylation is 1. The Labute approximate surface area is 145 Å². The van der Waals surface area contributed by atoms with Gasteiger partial charge in [-0.15, -0.1) is 0 Å². The minimum absolute atomic E-state index is 0.0743. The molecule has 122 valence electrons. The molecule has 0 aliphatic carbocycles. The summed E-state index contributed by atoms with van der Waals surface area (Å²) in [6.07, 6.45) is 3.72. The quantitative estimate of drug-likeness (QED) is 0.776. The molecule has 6 heteroatoms. The minimum Gasteiger partial charge on any atom is -0.350 e. The first-order chi connectivity index (χ1) is 11.6. The van der Waals surface area contributed by atoms with Crippen molar-refractivity contribution in [3.05, 3.63) is 71.1 Å². The highest BCUT2D eigenvalue weighted by atomic mass is 35.5. The number of carbonyl (C=O) groups excluding carboxylic acids is 1. The Bertz CT molecular complexity index is 845. The Morgan fingerprint density at radius 1 is 1.21 bits per heavy atom. The number of benzene rings is 1. The minimum atomic E-state index is -0.0743. The van der Waals surface area contributed by atoms with Crippen molar-refractivity contribution in [1.29, 1.82) is 0 Å². The second kappa shape index (κ2) is 7.27. The van der Waals surface area contributed by atoms with Gasteiger partial charge in [-0.05, 0) is 29.8 Å². The van der Waals surface area contributed by atoms with E-state index < -0.39 is 0 Å². The average Bonchev–Trinajstić information content (AvgIpc) is 2.97. The Kier molecular flexibility index (Phi) is 4.91. The van der Waals surface area contributed by atoms with Gasteiger partial charge < -0.3 is 5.32 Å². The van der Waals surface area contributed by atoms with Crippen LogP contribution in [-0.4, -0.2) is 20.7 Å². The van der Waals surface area contributed by atoms with E-state index in [2.05, 4.69) is 15.4 Å². The Morgan fingerprint density at radius 2 is 1.96 bits per heavy atom. The third-order valence-corrected chi connectivity index (χ3v) is 4.10. The van der Waals surface area contributed by atoms with E-state index in [4.69, 9.17) is 11.6 Å². The molecule has 0 saturated carbocycles. The lowest BCUT2D eigenvalue weighted by molar-refractivity contribution is -0.120. The van der Waals surface area contributed by atoms with Crippen molar-refractivity contribution in [3.63, 3.8) is 0 Å². The molecule has 0 atom stereocenters. The fourth-order valence-electron chi connectivity index (χ4n) is 2.40. The molecule has 0 spiro atoms. The highest BCUT2D eigenvalue weighted by molar-refractivity contribution is 6.31. The van der Waals surface area contributed by atoms with Crippen molar-refractivity contribution in [2.24, 2.45) is 7.05 Å². The predicted molar refractivity (Wildman–Crippen MR) is 93.4 cm³/mol. The van der Waals surface area contributed by atoms with Crippen LogP contribution in [0.15, 0.2) is 54.9 Å². The number of halogens is 1. The second-order valence-corrected chi connectivity index (χ2v) is 5.83. The number of hydrogen-bond acceptors (Lipinski definition) is 3. The maximum atomic E-state index is 12.1. The normalized spacial score (nSPS) is 10.6. The second-order valence-electron chi connectivity index (χ2n) is 5.43. The van der Waals surface area contributed by atoms with Gasteiger partial charge in [0.15, 0.2) is 0 Å². The lowest BCUT2D eigenvalue weighted by Crippen LogP contribution is -2.25. The van der Waals surface area contributed by atoms with Crippen LogP contribution in [0.25, 0.3) is 11.3 Å². The molecular formula is C18H17ClN4O. The van der Waals surface area contributed by atoms with Crippen LogP contribution in [-0.2, 0) is 24.8 Å². The van der Waals surface area contributed by atoms with Gasteiger partial charge in [0, 0.05) is 30.0 Å². The van der Waals surface area contributed by atoms with E-state index in [1.807, 2.05) is 43.4 Å². The zero-order valence-electron chi connectivity index (χ0n) is 13.2. The number of rotatable bonds is 5. The summed E-state index contributed by atoms with van der Waals surface area (Å²) in [4.78, 5) is 16.1. The van der Waals surface area contributed by atoms with E-state index in [-0.39, 0.29) is 12.3 Å². The monoisotopic (exact) mass is 340 g/mol. The number of amides is 1. The Morgan fingerprint density at radius 3 is 2.71 bits per heavy atom. The summed E-state index contributed by atoms with van der Waals surface area (Å²) >= 11 is 6.08. The van der Waals surface area contributed by atoms with Crippen LogP contribution in [0.2, 0.25) is 5.02 Å². The van der Waals surface area contributed by atoms with Gasteiger partial charge in [0.1, 0.15) is 0 Å². The van der Waals surface area contributed by atoms with E-state index in [9.17, 15) is 4.79 Å². The third-order valence-electron chi connectivity index (χ3n) is 3.73. The number of nitrogens with one attached hydrogen (secondary N) is 1. The van der Waals surface area contributed by atoms with Gasteiger partial charge in [-0.3, -0.25) is 14.5 Å². The zero-order valence-corrected chi connectivity index (χ0v) is 14.0. The molecule has 1 amide bonds. The van der Waals surface area contributed by atoms with Gasteiger partial charge in [0.2, 0.25) is 5.91 Å². The van der Waals surface area contributed by atoms with Crippen molar-refractivity contribution in [1.82, 2.24) is 20.1 Å². The SMILES string of the molecule is Cn1nc(-c2ccncc2)cc1CNC(=O)Cc1ccccc1Cl. The zero-order chi connectivity index (χ0) is 16.9. The van der Waals surface area contributed by atoms with Gasteiger partial charge in [0.25, 0.3) is 0 Å². The molecule has 1 aromatic carbocycles. The van der Waals surface area contributed by atoms with E-state index >= 15 is 0 Å². The molecule has 3 aromatic rings. The average molecular weight is 341 g/mol. The van der Waals surface area contributed by atoms with E-state index in [0.717, 1.165) is 22.5 Å². The summed E-state index contributed by atoms with van der Waals surface area (Å²) in [6.45, 7) is 0.415. The molecule has 0 unspecified atom stereocenters. The molecule has 0 aliphatic rings. The highest BCUT2D eigenvalue weighted by Gasteiger charge is 2.10. The molecular weight excluding hydrogens is 324 g/mol. The lowest BCUT2D eigenvalue weighted by atomic mass is 10.1. The predicted octanol–water partition coefficient (Wildman–Crippen LogP) is 2.99. The summed E-state index contributed by atoms with van der Waals surface area (Å²) < 4.78 is 1.77. The van der Waals surface area contributed by atoms with E-state index in [0.29, 0.717) is 11.6 Å². The van der Waals surface area contributed by atoms with Gasteiger partial charge in [-0.1, -0.05) is 29.8 Å². The van der Waals surface area contributed by atoms with Crippen molar-refractivity contribution in [2.45, 2.75) is 13.0 Å². The number of pyridine rings is 1. The van der Waals surface area contributed by atoms with Crippen molar-refractivity contribution < 1.29 is 4.79 Å². The molecule has 2 aromatic heterocycles. The summed E-state index contributed by atoms with van der Waals surface area (Å²) in [6, 6.07) is 13.1. The van der Waals surface area contributed by atoms with Crippen LogP contribution in [0.1, 0.15) is 11.3 Å². The molecule has 1 N–H and O–H groups in total. The summed E-state index contributed by atoms with van der Waals surface area (Å²) in [5.74, 6) is -0.0743. The van der Waals surface area contributed by atoms with Crippen LogP contribution >= 0.6 is 11.6 Å². The van der Waals surface area contributed by atoms with E-state index in [1.54, 1.807) is 23.1 Å². The van der Waals surface area contributed by atoms with Crippen molar-refractivity contribution >= 4 is 17.5 Å². The Balaban J connectivity index is 1.64. The molecule has 3 rings (SSSR count). The number of carbonyl (C=O) groups is 1. The summed E-state index contributed by atoms with van der Waals surface area (Å²) in [5.41, 5.74) is 3.60. The number of nitrogens with zero attached hydrogens (tertiary/aromatic N) is 3. The third kappa shape index (κ3) is 3.81. The summed E-state index contributed by atoms with van der Waals surface area (Å²) in [7, 11) is 1.86. The Hall–Kier alpha value is -2.66. The van der Waals surface area contributed by atoms with Gasteiger partial charge in [-0.2, -0.15) is 5.10 Å². The highest BCUT2D eigenvalue weighted by Crippen LogP contribution is 2.18. The number of hydrogen-bond donors (Lipinski definition) is 1. The maximum absolute atomic E-state index is 12.1. The smallest absolute Gasteiger partial charge is 0.224 e. The summed E-state index contributed by atoms with van der Waals surface area (Å²) in [5, 5.41) is 7.99. The van der Waals surface area contributed by atoms with Crippen LogP contribution in [0.3, 0.4) is 0 Å². The van der Waals surface area contributed by atoms with Gasteiger partial charge >= 0.3 is 0 Å². The molecule has 0 radical (unpaired) electrons. The molecule has 5 nitrogen and oxygen atoms in total. The molecule has 0 bridgehead atoms. The molecule has 24 heavy (non-hydrogen) atoms. The van der Waals surface area contributed by atoms with Gasteiger partial charge in [0.05, 0.1) is 24.4 Å². The topological polar surface area (TPSA) is 59.8 Å². The van der Waals surface area contributed by atoms with Crippen LogP contribution in [0.5, 0.6) is 0 Å². The van der Waals surface area contributed by atoms with Crippen LogP contribution in [0.4, 0.5) is 0 Å².